The van der Waals surface area contributed by atoms with Gasteiger partial charge in [0, 0.05) is 25.0 Å². The smallest absolute Gasteiger partial charge is 0.407 e. The van der Waals surface area contributed by atoms with Gasteiger partial charge in [-0.15, -0.1) is 0 Å². The number of nitrogens with zero attached hydrogens (tertiary/aromatic N) is 1. The summed E-state index contributed by atoms with van der Waals surface area (Å²) in [7, 11) is 0. The van der Waals surface area contributed by atoms with Gasteiger partial charge >= 0.3 is 6.09 Å². The summed E-state index contributed by atoms with van der Waals surface area (Å²) in [6.45, 7) is 8.86. The summed E-state index contributed by atoms with van der Waals surface area (Å²) in [6.07, 6.45) is 2.08. The van der Waals surface area contributed by atoms with Crippen molar-refractivity contribution < 1.29 is 24.1 Å². The molecule has 1 saturated heterocycles. The van der Waals surface area contributed by atoms with Crippen LogP contribution in [0.15, 0.2) is 30.3 Å². The van der Waals surface area contributed by atoms with E-state index in [2.05, 4.69) is 5.32 Å². The Bertz CT molecular complexity index is 701. The third kappa shape index (κ3) is 5.52. The zero-order valence-electron chi connectivity index (χ0n) is 18.3. The van der Waals surface area contributed by atoms with Gasteiger partial charge in [0.2, 0.25) is 5.91 Å². The van der Waals surface area contributed by atoms with Crippen molar-refractivity contribution in [3.63, 3.8) is 0 Å². The van der Waals surface area contributed by atoms with Gasteiger partial charge < -0.3 is 15.0 Å². The number of benzene rings is 1. The van der Waals surface area contributed by atoms with E-state index in [0.717, 1.165) is 31.5 Å². The minimum absolute atomic E-state index is 0.0631. The number of ether oxygens (including phenoxy) is 1. The Labute approximate surface area is 179 Å². The van der Waals surface area contributed by atoms with Crippen molar-refractivity contribution in [3.05, 3.63) is 35.9 Å². The summed E-state index contributed by atoms with van der Waals surface area (Å²) in [5.74, 6) is 0.553. The van der Waals surface area contributed by atoms with E-state index in [9.17, 15) is 9.59 Å². The zero-order chi connectivity index (χ0) is 21.6. The number of piperidine rings is 1. The molecule has 1 aromatic rings. The second-order valence-corrected chi connectivity index (χ2v) is 8.83. The maximum absolute atomic E-state index is 13.0. The number of likely N-dealkylation sites (tertiary alicyclic amines) is 1. The van der Waals surface area contributed by atoms with Crippen molar-refractivity contribution in [2.45, 2.75) is 52.7 Å². The second-order valence-electron chi connectivity index (χ2n) is 8.83. The van der Waals surface area contributed by atoms with Crippen LogP contribution in [0.1, 0.15) is 45.6 Å². The summed E-state index contributed by atoms with van der Waals surface area (Å²) < 4.78 is 5.32. The van der Waals surface area contributed by atoms with Crippen LogP contribution in [0.4, 0.5) is 4.79 Å². The first-order valence-corrected chi connectivity index (χ1v) is 10.9. The van der Waals surface area contributed by atoms with Crippen LogP contribution in [0.5, 0.6) is 0 Å². The Morgan fingerprint density at radius 2 is 1.83 bits per heavy atom. The monoisotopic (exact) mass is 418 g/mol. The lowest BCUT2D eigenvalue weighted by molar-refractivity contribution is -0.299. The Morgan fingerprint density at radius 1 is 1.13 bits per heavy atom. The van der Waals surface area contributed by atoms with E-state index in [1.165, 1.54) is 0 Å². The third-order valence-electron chi connectivity index (χ3n) is 6.50. The zero-order valence-corrected chi connectivity index (χ0v) is 18.3. The minimum Gasteiger partial charge on any atom is -0.445 e. The molecule has 1 saturated carbocycles. The van der Waals surface area contributed by atoms with Gasteiger partial charge in [-0.05, 0) is 43.1 Å². The van der Waals surface area contributed by atoms with E-state index in [1.807, 2.05) is 56.0 Å². The highest BCUT2D eigenvalue weighted by Crippen LogP contribution is 2.47. The minimum atomic E-state index is -0.432. The largest absolute Gasteiger partial charge is 0.445 e. The Morgan fingerprint density at radius 3 is 2.47 bits per heavy atom. The molecule has 7 nitrogen and oxygen atoms in total. The molecule has 0 spiro atoms. The van der Waals surface area contributed by atoms with Gasteiger partial charge in [-0.1, -0.05) is 44.2 Å². The molecule has 0 bridgehead atoms. The number of carbonyl (C=O) groups excluding carboxylic acids is 2. The molecule has 2 amide bonds. The van der Waals surface area contributed by atoms with Gasteiger partial charge in [0.15, 0.2) is 0 Å². The molecule has 1 aliphatic heterocycles. The molecule has 2 fully saturated rings. The number of rotatable bonds is 8. The van der Waals surface area contributed by atoms with Gasteiger partial charge in [-0.3, -0.25) is 4.79 Å². The average molecular weight is 419 g/mol. The number of amides is 2. The van der Waals surface area contributed by atoms with Crippen LogP contribution >= 0.6 is 0 Å². The van der Waals surface area contributed by atoms with E-state index in [4.69, 9.17) is 14.5 Å². The van der Waals surface area contributed by atoms with Crippen LogP contribution in [0.3, 0.4) is 0 Å². The van der Waals surface area contributed by atoms with Crippen LogP contribution in [0.25, 0.3) is 0 Å². The van der Waals surface area contributed by atoms with E-state index in [0.29, 0.717) is 25.6 Å². The molecule has 1 aromatic carbocycles. The normalized spacial score (nSPS) is 23.5. The van der Waals surface area contributed by atoms with Crippen LogP contribution < -0.4 is 5.32 Å². The van der Waals surface area contributed by atoms with Gasteiger partial charge in [0.25, 0.3) is 0 Å². The number of carbonyl (C=O) groups is 2. The molecule has 3 rings (SSSR count). The lowest BCUT2D eigenvalue weighted by Gasteiger charge is -2.52. The third-order valence-corrected chi connectivity index (χ3v) is 6.50. The predicted molar refractivity (Wildman–Crippen MR) is 112 cm³/mol. The highest BCUT2D eigenvalue weighted by atomic mass is 17.2. The highest BCUT2D eigenvalue weighted by Gasteiger charge is 2.53. The average Bonchev–Trinajstić information content (AvgIpc) is 2.76. The molecule has 30 heavy (non-hydrogen) atoms. The van der Waals surface area contributed by atoms with E-state index in [1.54, 1.807) is 0 Å². The number of hydrogen-bond donors (Lipinski definition) is 1. The van der Waals surface area contributed by atoms with Crippen molar-refractivity contribution in [1.82, 2.24) is 10.2 Å². The molecule has 1 N–H and O–H groups in total. The first-order valence-electron chi connectivity index (χ1n) is 10.9. The van der Waals surface area contributed by atoms with Gasteiger partial charge in [-0.2, -0.15) is 0 Å². The summed E-state index contributed by atoms with van der Waals surface area (Å²) in [4.78, 5) is 37.3. The van der Waals surface area contributed by atoms with Crippen molar-refractivity contribution in [2.75, 3.05) is 26.3 Å². The Kier molecular flexibility index (Phi) is 7.72. The fourth-order valence-corrected chi connectivity index (χ4v) is 4.26. The molecule has 1 heterocycles. The highest BCUT2D eigenvalue weighted by molar-refractivity contribution is 5.81. The molecule has 2 aliphatic rings. The quantitative estimate of drug-likeness (QED) is 0.397. The standard InChI is InChI=1S/C23H34N2O5/c1-4-29-30-16-18-10-12-25(13-11-18)21(26)19-14-20(23(19,2)3)24-22(27)28-15-17-8-6-5-7-9-17/h5-9,18-20H,4,10-16H2,1-3H3,(H,24,27)/t19-,20-/m0/s1. The molecule has 0 unspecified atom stereocenters. The number of alkyl carbamates (subject to hydrolysis) is 1. The Balaban J connectivity index is 1.41. The van der Waals surface area contributed by atoms with Crippen molar-refractivity contribution in [1.29, 1.82) is 0 Å². The molecular formula is C23H34N2O5. The van der Waals surface area contributed by atoms with Crippen LogP contribution in [-0.2, 0) is 25.9 Å². The first-order chi connectivity index (χ1) is 14.4. The lowest BCUT2D eigenvalue weighted by Crippen LogP contribution is -2.63. The fourth-order valence-electron chi connectivity index (χ4n) is 4.26. The molecule has 166 valence electrons. The maximum atomic E-state index is 13.0. The first kappa shape index (κ1) is 22.6. The summed E-state index contributed by atoms with van der Waals surface area (Å²) in [5, 5.41) is 2.94. The predicted octanol–water partition coefficient (Wildman–Crippen LogP) is 3.53. The number of nitrogens with one attached hydrogen (secondary N) is 1. The SMILES string of the molecule is CCOOCC1CCN(C(=O)[C@@H]2C[C@H](NC(=O)OCc3ccccc3)C2(C)C)CC1. The van der Waals surface area contributed by atoms with Crippen molar-refractivity contribution in [2.24, 2.45) is 17.3 Å². The molecule has 0 aromatic heterocycles. The van der Waals surface area contributed by atoms with E-state index >= 15 is 0 Å². The van der Waals surface area contributed by atoms with Crippen LogP contribution in [0, 0.1) is 17.3 Å². The van der Waals surface area contributed by atoms with Crippen molar-refractivity contribution >= 4 is 12.0 Å². The topological polar surface area (TPSA) is 77.1 Å². The van der Waals surface area contributed by atoms with E-state index < -0.39 is 6.09 Å². The second kappa shape index (κ2) is 10.3. The summed E-state index contributed by atoms with van der Waals surface area (Å²) in [6, 6.07) is 9.53. The van der Waals surface area contributed by atoms with Crippen LogP contribution in [-0.4, -0.2) is 49.2 Å². The fraction of sp³-hybridized carbons (Fsp3) is 0.652. The summed E-state index contributed by atoms with van der Waals surface area (Å²) >= 11 is 0. The lowest BCUT2D eigenvalue weighted by atomic mass is 9.58. The van der Waals surface area contributed by atoms with Gasteiger partial charge in [0.1, 0.15) is 6.61 Å². The van der Waals surface area contributed by atoms with Crippen molar-refractivity contribution in [3.8, 4) is 0 Å². The molecule has 2 atom stereocenters. The van der Waals surface area contributed by atoms with Gasteiger partial charge in [0.05, 0.1) is 13.2 Å². The summed E-state index contributed by atoms with van der Waals surface area (Å²) in [5.41, 5.74) is 0.654. The molecule has 0 radical (unpaired) electrons. The van der Waals surface area contributed by atoms with Gasteiger partial charge in [-0.25, -0.2) is 14.6 Å². The van der Waals surface area contributed by atoms with E-state index in [-0.39, 0.29) is 29.9 Å². The molecule has 1 aliphatic carbocycles. The molecule has 7 heteroatoms. The maximum Gasteiger partial charge on any atom is 0.407 e. The number of hydrogen-bond acceptors (Lipinski definition) is 5. The van der Waals surface area contributed by atoms with Crippen LogP contribution in [0.2, 0.25) is 0 Å². The Hall–Kier alpha value is -2.12. The molecular weight excluding hydrogens is 384 g/mol.